The predicted molar refractivity (Wildman–Crippen MR) is 96.3 cm³/mol. The van der Waals surface area contributed by atoms with Gasteiger partial charge in [-0.05, 0) is 42.8 Å². The van der Waals surface area contributed by atoms with Crippen LogP contribution in [-0.2, 0) is 10.3 Å². The number of hydrogen-bond acceptors (Lipinski definition) is 5. The quantitative estimate of drug-likeness (QED) is 0.694. The number of urea groups is 1. The van der Waals surface area contributed by atoms with Gasteiger partial charge in [0, 0.05) is 5.56 Å². The summed E-state index contributed by atoms with van der Waals surface area (Å²) < 4.78 is 5.09. The van der Waals surface area contributed by atoms with E-state index >= 15 is 0 Å². The zero-order valence-electron chi connectivity index (χ0n) is 14.4. The fourth-order valence-corrected chi connectivity index (χ4v) is 2.86. The first-order valence-corrected chi connectivity index (χ1v) is 8.25. The molecule has 0 bridgehead atoms. The second kappa shape index (κ2) is 6.81. The Morgan fingerprint density at radius 3 is 2.48 bits per heavy atom. The minimum absolute atomic E-state index is 0.0251. The van der Waals surface area contributed by atoms with E-state index in [4.69, 9.17) is 16.3 Å². The van der Waals surface area contributed by atoms with Crippen LogP contribution in [0.5, 0.6) is 11.5 Å². The minimum Gasteiger partial charge on any atom is -0.506 e. The van der Waals surface area contributed by atoms with E-state index in [0.717, 1.165) is 0 Å². The third kappa shape index (κ3) is 3.26. The van der Waals surface area contributed by atoms with E-state index in [1.807, 2.05) is 0 Å². The first kappa shape index (κ1) is 18.5. The van der Waals surface area contributed by atoms with Crippen LogP contribution in [0.3, 0.4) is 0 Å². The molecule has 0 unspecified atom stereocenters. The van der Waals surface area contributed by atoms with Gasteiger partial charge in [-0.1, -0.05) is 23.7 Å². The van der Waals surface area contributed by atoms with Crippen molar-refractivity contribution in [1.82, 2.24) is 15.8 Å². The van der Waals surface area contributed by atoms with E-state index in [1.54, 1.807) is 31.2 Å². The molecule has 1 aliphatic rings. The molecule has 0 saturated carbocycles. The molecule has 3 rings (SSSR count). The van der Waals surface area contributed by atoms with Gasteiger partial charge in [-0.2, -0.15) is 5.01 Å². The van der Waals surface area contributed by atoms with E-state index in [2.05, 4.69) is 10.7 Å². The standard InChI is InChI=1S/C18H16ClN3O5/c1-18(11-4-6-12(27-2)7-5-11)16(25)22(17(26)20-18)21-15(24)10-3-8-14(23)13(19)9-10/h3-9,23H,1-2H3,(H,20,26)(H,21,24)/t18-/m1/s1. The lowest BCUT2D eigenvalue weighted by Crippen LogP contribution is -2.47. The zero-order valence-corrected chi connectivity index (χ0v) is 15.2. The van der Waals surface area contributed by atoms with Gasteiger partial charge in [-0.25, -0.2) is 4.79 Å². The number of nitrogens with zero attached hydrogens (tertiary/aromatic N) is 1. The number of carbonyl (C=O) groups is 3. The molecule has 0 aliphatic carbocycles. The second-order valence-corrected chi connectivity index (χ2v) is 6.44. The number of rotatable bonds is 4. The van der Waals surface area contributed by atoms with Gasteiger partial charge in [0.25, 0.3) is 11.8 Å². The number of nitrogens with one attached hydrogen (secondary N) is 2. The Labute approximate surface area is 159 Å². The van der Waals surface area contributed by atoms with Crippen molar-refractivity contribution in [2.75, 3.05) is 7.11 Å². The molecule has 2 aromatic rings. The molecule has 0 aromatic heterocycles. The lowest BCUT2D eigenvalue weighted by atomic mass is 9.92. The number of hydrazine groups is 1. The average molecular weight is 390 g/mol. The number of hydrogen-bond donors (Lipinski definition) is 3. The molecule has 1 saturated heterocycles. The number of imide groups is 1. The highest BCUT2D eigenvalue weighted by molar-refractivity contribution is 6.32. The fourth-order valence-electron chi connectivity index (χ4n) is 2.67. The number of halogens is 1. The van der Waals surface area contributed by atoms with Gasteiger partial charge in [0.2, 0.25) is 0 Å². The van der Waals surface area contributed by atoms with E-state index in [0.29, 0.717) is 16.3 Å². The average Bonchev–Trinajstić information content (AvgIpc) is 2.88. The van der Waals surface area contributed by atoms with Crippen LogP contribution in [0.25, 0.3) is 0 Å². The van der Waals surface area contributed by atoms with Crippen molar-refractivity contribution in [3.63, 3.8) is 0 Å². The summed E-state index contributed by atoms with van der Waals surface area (Å²) >= 11 is 5.78. The Morgan fingerprint density at radius 2 is 1.89 bits per heavy atom. The molecular formula is C18H16ClN3O5. The smallest absolute Gasteiger partial charge is 0.344 e. The maximum absolute atomic E-state index is 12.8. The number of aromatic hydroxyl groups is 1. The normalized spacial score (nSPS) is 19.0. The number of phenolic OH excluding ortho intramolecular Hbond substituents is 1. The number of benzene rings is 2. The molecule has 27 heavy (non-hydrogen) atoms. The van der Waals surface area contributed by atoms with Crippen molar-refractivity contribution in [3.8, 4) is 11.5 Å². The number of phenols is 1. The molecule has 9 heteroatoms. The van der Waals surface area contributed by atoms with Gasteiger partial charge in [0.15, 0.2) is 0 Å². The summed E-state index contributed by atoms with van der Waals surface area (Å²) in [5, 5.41) is 12.6. The third-order valence-corrected chi connectivity index (χ3v) is 4.58. The number of amides is 4. The Morgan fingerprint density at radius 1 is 1.22 bits per heavy atom. The molecule has 1 heterocycles. The summed E-state index contributed by atoms with van der Waals surface area (Å²) in [4.78, 5) is 37.4. The lowest BCUT2D eigenvalue weighted by Gasteiger charge is -2.22. The van der Waals surface area contributed by atoms with Crippen LogP contribution >= 0.6 is 11.6 Å². The first-order chi connectivity index (χ1) is 12.8. The summed E-state index contributed by atoms with van der Waals surface area (Å²) in [6.45, 7) is 1.54. The maximum Gasteiger partial charge on any atom is 0.344 e. The second-order valence-electron chi connectivity index (χ2n) is 6.03. The van der Waals surface area contributed by atoms with Crippen molar-refractivity contribution >= 4 is 29.4 Å². The molecule has 3 N–H and O–H groups in total. The van der Waals surface area contributed by atoms with E-state index in [9.17, 15) is 19.5 Å². The van der Waals surface area contributed by atoms with E-state index < -0.39 is 23.4 Å². The Hall–Kier alpha value is -3.26. The number of methoxy groups -OCH3 is 1. The predicted octanol–water partition coefficient (Wildman–Crippen LogP) is 2.17. The highest BCUT2D eigenvalue weighted by Crippen LogP contribution is 2.29. The molecule has 0 spiro atoms. The molecule has 1 aliphatic heterocycles. The van der Waals surface area contributed by atoms with Crippen LogP contribution in [0.15, 0.2) is 42.5 Å². The Bertz CT molecular complexity index is 931. The number of ether oxygens (including phenoxy) is 1. The van der Waals surface area contributed by atoms with Gasteiger partial charge in [-0.3, -0.25) is 15.0 Å². The zero-order chi connectivity index (χ0) is 19.8. The third-order valence-electron chi connectivity index (χ3n) is 4.28. The van der Waals surface area contributed by atoms with Crippen molar-refractivity contribution in [1.29, 1.82) is 0 Å². The molecular weight excluding hydrogens is 374 g/mol. The molecule has 1 fully saturated rings. The largest absolute Gasteiger partial charge is 0.506 e. The SMILES string of the molecule is COc1ccc([C@@]2(C)NC(=O)N(NC(=O)c3ccc(O)c(Cl)c3)C2=O)cc1. The summed E-state index contributed by atoms with van der Waals surface area (Å²) in [6, 6.07) is 9.66. The van der Waals surface area contributed by atoms with E-state index in [1.165, 1.54) is 25.3 Å². The van der Waals surface area contributed by atoms with Crippen molar-refractivity contribution in [2.24, 2.45) is 0 Å². The minimum atomic E-state index is -1.34. The molecule has 2 aromatic carbocycles. The van der Waals surface area contributed by atoms with Gasteiger partial charge in [0.1, 0.15) is 17.0 Å². The van der Waals surface area contributed by atoms with Crippen LogP contribution in [0.4, 0.5) is 4.79 Å². The maximum atomic E-state index is 12.8. The molecule has 1 atom stereocenters. The topological polar surface area (TPSA) is 108 Å². The van der Waals surface area contributed by atoms with Crippen LogP contribution in [0, 0.1) is 0 Å². The van der Waals surface area contributed by atoms with Crippen LogP contribution < -0.4 is 15.5 Å². The van der Waals surface area contributed by atoms with E-state index in [-0.39, 0.29) is 16.3 Å². The molecule has 4 amide bonds. The molecule has 8 nitrogen and oxygen atoms in total. The molecule has 0 radical (unpaired) electrons. The summed E-state index contributed by atoms with van der Waals surface area (Å²) in [5.74, 6) is -0.945. The van der Waals surface area contributed by atoms with Gasteiger partial charge < -0.3 is 15.2 Å². The monoisotopic (exact) mass is 389 g/mol. The highest BCUT2D eigenvalue weighted by atomic mass is 35.5. The lowest BCUT2D eigenvalue weighted by molar-refractivity contribution is -0.132. The molecule has 140 valence electrons. The Balaban J connectivity index is 1.82. The van der Waals surface area contributed by atoms with Crippen LogP contribution in [0.2, 0.25) is 5.02 Å². The van der Waals surface area contributed by atoms with Gasteiger partial charge >= 0.3 is 6.03 Å². The summed E-state index contributed by atoms with van der Waals surface area (Å²) in [6.07, 6.45) is 0. The highest BCUT2D eigenvalue weighted by Gasteiger charge is 2.50. The van der Waals surface area contributed by atoms with Crippen molar-refractivity contribution in [2.45, 2.75) is 12.5 Å². The van der Waals surface area contributed by atoms with Crippen LogP contribution in [-0.4, -0.2) is 35.1 Å². The van der Waals surface area contributed by atoms with Gasteiger partial charge in [0.05, 0.1) is 12.1 Å². The van der Waals surface area contributed by atoms with Crippen molar-refractivity contribution < 1.29 is 24.2 Å². The fraction of sp³-hybridized carbons (Fsp3) is 0.167. The van der Waals surface area contributed by atoms with Crippen LogP contribution in [0.1, 0.15) is 22.8 Å². The summed E-state index contributed by atoms with van der Waals surface area (Å²) in [5.41, 5.74) is 1.53. The van der Waals surface area contributed by atoms with Gasteiger partial charge in [-0.15, -0.1) is 0 Å². The number of carbonyl (C=O) groups excluding carboxylic acids is 3. The van der Waals surface area contributed by atoms with Crippen molar-refractivity contribution in [3.05, 3.63) is 58.6 Å². The Kier molecular flexibility index (Phi) is 4.67. The summed E-state index contributed by atoms with van der Waals surface area (Å²) in [7, 11) is 1.52. The first-order valence-electron chi connectivity index (χ1n) is 7.87.